The fourth-order valence-electron chi connectivity index (χ4n) is 3.52. The van der Waals surface area contributed by atoms with E-state index in [1.807, 2.05) is 20.8 Å². The number of esters is 1. The SMILES string of the molecule is COC(=O)C1(NF)CC2(CCN(C(=O)OC(C)(C)C)CC2)C1. The van der Waals surface area contributed by atoms with E-state index in [0.29, 0.717) is 25.9 Å². The lowest BCUT2D eigenvalue weighted by atomic mass is 9.54. The van der Waals surface area contributed by atoms with Gasteiger partial charge in [0, 0.05) is 13.1 Å². The smallest absolute Gasteiger partial charge is 0.410 e. The highest BCUT2D eigenvalue weighted by Crippen LogP contribution is 2.55. The predicted molar refractivity (Wildman–Crippen MR) is 77.7 cm³/mol. The van der Waals surface area contributed by atoms with Gasteiger partial charge in [-0.05, 0) is 51.9 Å². The number of ether oxygens (including phenoxy) is 2. The normalized spacial score (nSPS) is 22.9. The summed E-state index contributed by atoms with van der Waals surface area (Å²) in [5.41, 5.74) is -0.188. The molecule has 1 N–H and O–H groups in total. The summed E-state index contributed by atoms with van der Waals surface area (Å²) >= 11 is 0. The Morgan fingerprint density at radius 1 is 1.18 bits per heavy atom. The highest BCUT2D eigenvalue weighted by molar-refractivity contribution is 5.82. The van der Waals surface area contributed by atoms with E-state index >= 15 is 0 Å². The first-order valence-corrected chi connectivity index (χ1v) is 7.60. The second-order valence-electron chi connectivity index (χ2n) is 7.49. The molecule has 2 fully saturated rings. The summed E-state index contributed by atoms with van der Waals surface area (Å²) in [5, 5.41) is 0. The lowest BCUT2D eigenvalue weighted by molar-refractivity contribution is -0.169. The molecule has 2 rings (SSSR count). The molecule has 0 atom stereocenters. The Balaban J connectivity index is 1.89. The molecule has 1 saturated carbocycles. The highest BCUT2D eigenvalue weighted by Gasteiger charge is 2.60. The first kappa shape index (κ1) is 17.0. The van der Waals surface area contributed by atoms with Crippen molar-refractivity contribution in [2.24, 2.45) is 5.41 Å². The summed E-state index contributed by atoms with van der Waals surface area (Å²) in [6.45, 7) is 6.64. The number of nitrogens with one attached hydrogen (secondary N) is 1. The molecule has 1 aliphatic carbocycles. The standard InChI is InChI=1S/C15H25FN2O4/c1-13(2,3)22-12(20)18-7-5-14(6-8-18)9-15(10-14,17-16)11(19)21-4/h17H,5-10H2,1-4H3. The van der Waals surface area contributed by atoms with E-state index in [4.69, 9.17) is 4.74 Å². The minimum atomic E-state index is -1.21. The van der Waals surface area contributed by atoms with Crippen molar-refractivity contribution in [2.75, 3.05) is 20.2 Å². The molecule has 6 nitrogen and oxygen atoms in total. The number of hydrogen-bond donors (Lipinski definition) is 1. The molecule has 22 heavy (non-hydrogen) atoms. The van der Waals surface area contributed by atoms with Crippen LogP contribution in [0, 0.1) is 5.41 Å². The quantitative estimate of drug-likeness (QED) is 0.625. The number of hydrogen-bond acceptors (Lipinski definition) is 5. The van der Waals surface area contributed by atoms with Crippen molar-refractivity contribution in [3.63, 3.8) is 0 Å². The zero-order valence-electron chi connectivity index (χ0n) is 13.7. The third-order valence-corrected chi connectivity index (χ3v) is 4.59. The van der Waals surface area contributed by atoms with Crippen LogP contribution in [0.5, 0.6) is 0 Å². The van der Waals surface area contributed by atoms with Crippen LogP contribution in [0.1, 0.15) is 46.5 Å². The van der Waals surface area contributed by atoms with Crippen LogP contribution in [0.4, 0.5) is 9.28 Å². The van der Waals surface area contributed by atoms with Gasteiger partial charge in [-0.25, -0.2) is 9.59 Å². The Morgan fingerprint density at radius 2 is 1.73 bits per heavy atom. The maximum absolute atomic E-state index is 13.0. The average Bonchev–Trinajstić information content (AvgIpc) is 2.42. The number of likely N-dealkylation sites (tertiary alicyclic amines) is 1. The summed E-state index contributed by atoms with van der Waals surface area (Å²) in [6, 6.07) is 0. The fourth-order valence-corrected chi connectivity index (χ4v) is 3.52. The van der Waals surface area contributed by atoms with Gasteiger partial charge < -0.3 is 14.4 Å². The number of rotatable bonds is 2. The molecule has 1 heterocycles. The predicted octanol–water partition coefficient (Wildman–Crippen LogP) is 2.18. The molecule has 2 aliphatic rings. The molecule has 1 aliphatic heterocycles. The van der Waals surface area contributed by atoms with Gasteiger partial charge in [-0.2, -0.15) is 0 Å². The molecule has 1 spiro atoms. The van der Waals surface area contributed by atoms with Gasteiger partial charge in [0.2, 0.25) is 0 Å². The third kappa shape index (κ3) is 3.19. The number of carbonyl (C=O) groups excluding carboxylic acids is 2. The average molecular weight is 316 g/mol. The number of piperidine rings is 1. The lowest BCUT2D eigenvalue weighted by Crippen LogP contribution is -2.65. The fraction of sp³-hybridized carbons (Fsp3) is 0.867. The largest absolute Gasteiger partial charge is 0.468 e. The molecule has 0 unspecified atom stereocenters. The van der Waals surface area contributed by atoms with Crippen LogP contribution in [0.2, 0.25) is 0 Å². The van der Waals surface area contributed by atoms with Crippen LogP contribution in [0.15, 0.2) is 0 Å². The zero-order valence-corrected chi connectivity index (χ0v) is 13.7. The molecule has 1 saturated heterocycles. The molecular formula is C15H25FN2O4. The van der Waals surface area contributed by atoms with Crippen molar-refractivity contribution in [3.8, 4) is 0 Å². The molecule has 0 aromatic heterocycles. The van der Waals surface area contributed by atoms with Gasteiger partial charge in [0.05, 0.1) is 7.11 Å². The van der Waals surface area contributed by atoms with E-state index in [-0.39, 0.29) is 11.5 Å². The third-order valence-electron chi connectivity index (χ3n) is 4.59. The van der Waals surface area contributed by atoms with Crippen molar-refractivity contribution in [3.05, 3.63) is 0 Å². The van der Waals surface area contributed by atoms with E-state index in [2.05, 4.69) is 4.74 Å². The van der Waals surface area contributed by atoms with E-state index in [1.165, 1.54) is 7.11 Å². The Hall–Kier alpha value is -1.37. The molecule has 126 valence electrons. The van der Waals surface area contributed by atoms with Crippen LogP contribution in [-0.2, 0) is 14.3 Å². The maximum Gasteiger partial charge on any atom is 0.410 e. The molecule has 0 aromatic carbocycles. The molecule has 0 radical (unpaired) electrons. The number of carbonyl (C=O) groups is 2. The van der Waals surface area contributed by atoms with Gasteiger partial charge in [0.15, 0.2) is 0 Å². The maximum atomic E-state index is 13.0. The Labute approximate surface area is 130 Å². The summed E-state index contributed by atoms with van der Waals surface area (Å²) in [6.07, 6.45) is 1.99. The van der Waals surface area contributed by atoms with E-state index in [9.17, 15) is 14.1 Å². The van der Waals surface area contributed by atoms with E-state index in [0.717, 1.165) is 12.8 Å². The summed E-state index contributed by atoms with van der Waals surface area (Å²) in [5.74, 6) is -0.560. The second-order valence-corrected chi connectivity index (χ2v) is 7.49. The van der Waals surface area contributed by atoms with Crippen LogP contribution >= 0.6 is 0 Å². The van der Waals surface area contributed by atoms with Crippen LogP contribution < -0.4 is 5.54 Å². The monoisotopic (exact) mass is 316 g/mol. The summed E-state index contributed by atoms with van der Waals surface area (Å²) in [4.78, 5) is 25.4. The van der Waals surface area contributed by atoms with Gasteiger partial charge in [-0.3, -0.25) is 0 Å². The van der Waals surface area contributed by atoms with Crippen molar-refractivity contribution >= 4 is 12.1 Å². The Bertz CT molecular complexity index is 445. The molecule has 0 bridgehead atoms. The van der Waals surface area contributed by atoms with Gasteiger partial charge in [0.1, 0.15) is 11.1 Å². The van der Waals surface area contributed by atoms with E-state index in [1.54, 1.807) is 10.4 Å². The van der Waals surface area contributed by atoms with Crippen LogP contribution in [-0.4, -0.2) is 48.3 Å². The zero-order chi connectivity index (χ0) is 16.6. The number of methoxy groups -OCH3 is 1. The van der Waals surface area contributed by atoms with E-state index < -0.39 is 17.1 Å². The van der Waals surface area contributed by atoms with Crippen molar-refractivity contribution in [2.45, 2.75) is 57.6 Å². The van der Waals surface area contributed by atoms with Gasteiger partial charge >= 0.3 is 12.1 Å². The minimum absolute atomic E-state index is 0.0915. The lowest BCUT2D eigenvalue weighted by Gasteiger charge is -2.56. The summed E-state index contributed by atoms with van der Waals surface area (Å²) in [7, 11) is 1.26. The first-order valence-electron chi connectivity index (χ1n) is 7.60. The van der Waals surface area contributed by atoms with Crippen molar-refractivity contribution in [1.29, 1.82) is 0 Å². The Kier molecular flexibility index (Phi) is 4.39. The number of amides is 1. The van der Waals surface area contributed by atoms with Gasteiger partial charge in [-0.15, -0.1) is 10.0 Å². The van der Waals surface area contributed by atoms with Crippen molar-refractivity contribution in [1.82, 2.24) is 10.4 Å². The molecule has 0 aromatic rings. The number of nitrogens with zero attached hydrogens (tertiary/aromatic N) is 1. The van der Waals surface area contributed by atoms with Crippen LogP contribution in [0.25, 0.3) is 0 Å². The topological polar surface area (TPSA) is 67.9 Å². The van der Waals surface area contributed by atoms with Crippen LogP contribution in [0.3, 0.4) is 0 Å². The van der Waals surface area contributed by atoms with Crippen molar-refractivity contribution < 1.29 is 23.5 Å². The first-order chi connectivity index (χ1) is 10.2. The molecule has 1 amide bonds. The van der Waals surface area contributed by atoms with Gasteiger partial charge in [0.25, 0.3) is 0 Å². The Morgan fingerprint density at radius 3 is 2.14 bits per heavy atom. The number of halogens is 1. The minimum Gasteiger partial charge on any atom is -0.468 e. The van der Waals surface area contributed by atoms with Gasteiger partial charge in [-0.1, -0.05) is 0 Å². The summed E-state index contributed by atoms with van der Waals surface area (Å²) < 4.78 is 23.1. The molecular weight excluding hydrogens is 291 g/mol. The molecule has 7 heteroatoms. The highest BCUT2D eigenvalue weighted by atomic mass is 19.2. The second kappa shape index (κ2) is 5.68.